The van der Waals surface area contributed by atoms with Crippen molar-refractivity contribution in [2.24, 2.45) is 11.7 Å². The van der Waals surface area contributed by atoms with E-state index in [9.17, 15) is 4.79 Å². The minimum Gasteiger partial charge on any atom is -0.352 e. The van der Waals surface area contributed by atoms with E-state index >= 15 is 0 Å². The topological polar surface area (TPSA) is 55.1 Å². The number of hydrogen-bond acceptors (Lipinski definition) is 2. The number of carbonyl (C=O) groups excluding carboxylic acids is 1. The van der Waals surface area contributed by atoms with Crippen LogP contribution in [-0.2, 0) is 11.3 Å². The number of rotatable bonds is 4. The summed E-state index contributed by atoms with van der Waals surface area (Å²) in [6, 6.07) is 14.8. The Morgan fingerprint density at radius 2 is 1.91 bits per heavy atom. The second-order valence-electron chi connectivity index (χ2n) is 6.02. The number of hydrogen-bond donors (Lipinski definition) is 2. The third-order valence-electron chi connectivity index (χ3n) is 4.47. The Morgan fingerprint density at radius 1 is 1.14 bits per heavy atom. The number of benzene rings is 2. The van der Waals surface area contributed by atoms with Crippen LogP contribution in [0, 0.1) is 5.92 Å². The van der Waals surface area contributed by atoms with Crippen LogP contribution < -0.4 is 11.1 Å². The molecule has 1 saturated carbocycles. The van der Waals surface area contributed by atoms with Crippen LogP contribution in [0.4, 0.5) is 0 Å². The summed E-state index contributed by atoms with van der Waals surface area (Å²) in [6.45, 7) is 0.589. The molecule has 3 rings (SSSR count). The van der Waals surface area contributed by atoms with Crippen LogP contribution in [0.15, 0.2) is 42.5 Å². The average Bonchev–Trinajstić information content (AvgIpc) is 2.90. The van der Waals surface area contributed by atoms with Gasteiger partial charge in [0.2, 0.25) is 5.91 Å². The second kappa shape index (κ2) is 7.61. The van der Waals surface area contributed by atoms with Crippen molar-refractivity contribution in [1.82, 2.24) is 5.32 Å². The zero-order valence-corrected chi connectivity index (χ0v) is 13.4. The second-order valence-corrected chi connectivity index (χ2v) is 6.02. The van der Waals surface area contributed by atoms with E-state index in [0.29, 0.717) is 18.9 Å². The third-order valence-corrected chi connectivity index (χ3v) is 4.47. The molecule has 3 nitrogen and oxygen atoms in total. The molecule has 1 amide bonds. The lowest BCUT2D eigenvalue weighted by Crippen LogP contribution is -2.31. The molecule has 1 aliphatic rings. The van der Waals surface area contributed by atoms with Crippen molar-refractivity contribution in [2.45, 2.75) is 38.3 Å². The summed E-state index contributed by atoms with van der Waals surface area (Å²) in [4.78, 5) is 12.0. The van der Waals surface area contributed by atoms with Gasteiger partial charge in [-0.2, -0.15) is 0 Å². The Balaban J connectivity index is 0.00000176. The number of nitrogens with two attached hydrogens (primary N) is 1. The van der Waals surface area contributed by atoms with Crippen molar-refractivity contribution in [2.75, 3.05) is 0 Å². The van der Waals surface area contributed by atoms with Crippen LogP contribution in [0.5, 0.6) is 0 Å². The van der Waals surface area contributed by atoms with E-state index < -0.39 is 0 Å². The molecule has 0 aliphatic heterocycles. The van der Waals surface area contributed by atoms with Crippen LogP contribution in [0.1, 0.15) is 31.2 Å². The molecular formula is C18H23ClN2O. The Hall–Kier alpha value is -1.58. The number of halogens is 1. The first-order chi connectivity index (χ1) is 10.2. The summed E-state index contributed by atoms with van der Waals surface area (Å²) >= 11 is 0. The molecule has 1 fully saturated rings. The van der Waals surface area contributed by atoms with Crippen LogP contribution in [0.25, 0.3) is 10.8 Å². The predicted octanol–water partition coefficient (Wildman–Crippen LogP) is 3.40. The first-order valence-corrected chi connectivity index (χ1v) is 7.72. The Morgan fingerprint density at radius 3 is 2.64 bits per heavy atom. The van der Waals surface area contributed by atoms with Gasteiger partial charge in [0, 0.05) is 19.0 Å². The predicted molar refractivity (Wildman–Crippen MR) is 93.0 cm³/mol. The minimum atomic E-state index is 0. The maximum absolute atomic E-state index is 12.0. The summed E-state index contributed by atoms with van der Waals surface area (Å²) in [5.74, 6) is 0.479. The summed E-state index contributed by atoms with van der Waals surface area (Å²) in [5, 5.41) is 5.45. The molecule has 0 unspecified atom stereocenters. The highest BCUT2D eigenvalue weighted by molar-refractivity contribution is 5.85. The quantitative estimate of drug-likeness (QED) is 0.907. The van der Waals surface area contributed by atoms with Gasteiger partial charge in [0.15, 0.2) is 0 Å². The summed E-state index contributed by atoms with van der Waals surface area (Å²) in [5.41, 5.74) is 7.15. The summed E-state index contributed by atoms with van der Waals surface area (Å²) in [6.07, 6.45) is 3.87. The van der Waals surface area contributed by atoms with E-state index in [-0.39, 0.29) is 24.4 Å². The van der Waals surface area contributed by atoms with Gasteiger partial charge in [-0.05, 0) is 41.2 Å². The Kier molecular flexibility index (Phi) is 5.81. The average molecular weight is 319 g/mol. The van der Waals surface area contributed by atoms with Gasteiger partial charge in [0.25, 0.3) is 0 Å². The molecule has 2 aromatic rings. The molecule has 0 aromatic heterocycles. The van der Waals surface area contributed by atoms with Gasteiger partial charge in [-0.15, -0.1) is 12.4 Å². The zero-order valence-electron chi connectivity index (χ0n) is 12.6. The normalized spacial score (nSPS) is 20.6. The number of amides is 1. The fraction of sp³-hybridized carbons (Fsp3) is 0.389. The molecule has 0 spiro atoms. The molecule has 4 heteroatoms. The largest absolute Gasteiger partial charge is 0.352 e. The summed E-state index contributed by atoms with van der Waals surface area (Å²) < 4.78 is 0. The van der Waals surface area contributed by atoms with Crippen molar-refractivity contribution in [3.05, 3.63) is 48.0 Å². The first kappa shape index (κ1) is 16.8. The lowest BCUT2D eigenvalue weighted by molar-refractivity contribution is -0.122. The standard InChI is InChI=1S/C18H22N2O.ClH/c19-17-7-3-6-16(17)11-18(21)20-12-13-8-9-14-4-1-2-5-15(14)10-13;/h1-2,4-5,8-10,16-17H,3,6-7,11-12,19H2,(H,20,21);1H/t16-,17+;/m0./s1. The fourth-order valence-electron chi connectivity index (χ4n) is 3.18. The van der Waals surface area contributed by atoms with Crippen molar-refractivity contribution in [3.8, 4) is 0 Å². The smallest absolute Gasteiger partial charge is 0.220 e. The monoisotopic (exact) mass is 318 g/mol. The van der Waals surface area contributed by atoms with Crippen LogP contribution in [0.2, 0.25) is 0 Å². The zero-order chi connectivity index (χ0) is 14.7. The number of nitrogens with one attached hydrogen (secondary N) is 1. The molecule has 118 valence electrons. The lowest BCUT2D eigenvalue weighted by Gasteiger charge is -2.14. The third kappa shape index (κ3) is 3.99. The van der Waals surface area contributed by atoms with Gasteiger partial charge in [0.05, 0.1) is 0 Å². The van der Waals surface area contributed by atoms with E-state index in [4.69, 9.17) is 5.73 Å². The van der Waals surface area contributed by atoms with Gasteiger partial charge in [0.1, 0.15) is 0 Å². The van der Waals surface area contributed by atoms with Crippen molar-refractivity contribution >= 4 is 29.1 Å². The van der Waals surface area contributed by atoms with E-state index in [2.05, 4.69) is 35.6 Å². The van der Waals surface area contributed by atoms with Gasteiger partial charge >= 0.3 is 0 Å². The molecular weight excluding hydrogens is 296 g/mol. The van der Waals surface area contributed by atoms with Crippen molar-refractivity contribution in [1.29, 1.82) is 0 Å². The highest BCUT2D eigenvalue weighted by Crippen LogP contribution is 2.26. The van der Waals surface area contributed by atoms with E-state index in [1.807, 2.05) is 12.1 Å². The van der Waals surface area contributed by atoms with Crippen molar-refractivity contribution in [3.63, 3.8) is 0 Å². The highest BCUT2D eigenvalue weighted by atomic mass is 35.5. The minimum absolute atomic E-state index is 0. The first-order valence-electron chi connectivity index (χ1n) is 7.72. The Bertz CT molecular complexity index is 644. The SMILES string of the molecule is Cl.N[C@@H]1CCC[C@H]1CC(=O)NCc1ccc2ccccc2c1. The maximum Gasteiger partial charge on any atom is 0.220 e. The van der Waals surface area contributed by atoms with Crippen LogP contribution in [-0.4, -0.2) is 11.9 Å². The molecule has 0 radical (unpaired) electrons. The number of carbonyl (C=O) groups is 1. The molecule has 2 atom stereocenters. The van der Waals surface area contributed by atoms with Gasteiger partial charge in [-0.1, -0.05) is 42.8 Å². The number of fused-ring (bicyclic) bond motifs is 1. The van der Waals surface area contributed by atoms with Crippen LogP contribution >= 0.6 is 12.4 Å². The van der Waals surface area contributed by atoms with Crippen LogP contribution in [0.3, 0.4) is 0 Å². The maximum atomic E-state index is 12.0. The molecule has 0 heterocycles. The molecule has 1 aliphatic carbocycles. The molecule has 3 N–H and O–H groups in total. The molecule has 2 aromatic carbocycles. The molecule has 0 saturated heterocycles. The van der Waals surface area contributed by atoms with Crippen molar-refractivity contribution < 1.29 is 4.79 Å². The Labute approximate surface area is 137 Å². The van der Waals surface area contributed by atoms with Gasteiger partial charge in [-0.3, -0.25) is 4.79 Å². The highest BCUT2D eigenvalue weighted by Gasteiger charge is 2.25. The van der Waals surface area contributed by atoms with E-state index in [1.54, 1.807) is 0 Å². The molecule has 22 heavy (non-hydrogen) atoms. The van der Waals surface area contributed by atoms with Gasteiger partial charge < -0.3 is 11.1 Å². The lowest BCUT2D eigenvalue weighted by atomic mass is 10.00. The fourth-order valence-corrected chi connectivity index (χ4v) is 3.18. The van der Waals surface area contributed by atoms with E-state index in [0.717, 1.165) is 24.8 Å². The molecule has 0 bridgehead atoms. The van der Waals surface area contributed by atoms with E-state index in [1.165, 1.54) is 10.8 Å². The summed E-state index contributed by atoms with van der Waals surface area (Å²) in [7, 11) is 0. The van der Waals surface area contributed by atoms with Gasteiger partial charge in [-0.25, -0.2) is 0 Å².